The lowest BCUT2D eigenvalue weighted by molar-refractivity contribution is -0.137. The second kappa shape index (κ2) is 7.89. The summed E-state index contributed by atoms with van der Waals surface area (Å²) in [5.74, 6) is 2.28. The number of ether oxygens (including phenoxy) is 1. The zero-order chi connectivity index (χ0) is 18.7. The smallest absolute Gasteiger partial charge is 0.225 e. The van der Waals surface area contributed by atoms with Crippen LogP contribution in [0.2, 0.25) is 0 Å². The van der Waals surface area contributed by atoms with Crippen molar-refractivity contribution in [3.05, 3.63) is 24.3 Å². The predicted molar refractivity (Wildman–Crippen MR) is 107 cm³/mol. The van der Waals surface area contributed by atoms with Gasteiger partial charge >= 0.3 is 0 Å². The molecule has 4 heteroatoms. The van der Waals surface area contributed by atoms with Gasteiger partial charge in [0.1, 0.15) is 5.75 Å². The molecular weight excluding hydrogens is 324 g/mol. The number of carbonyl (C=O) groups is 1. The van der Waals surface area contributed by atoms with Gasteiger partial charge in [-0.2, -0.15) is 0 Å². The van der Waals surface area contributed by atoms with Crippen molar-refractivity contribution in [2.75, 3.05) is 38.2 Å². The molecule has 0 bridgehead atoms. The van der Waals surface area contributed by atoms with Crippen molar-refractivity contribution in [2.24, 2.45) is 17.3 Å². The van der Waals surface area contributed by atoms with Gasteiger partial charge in [0.2, 0.25) is 5.91 Å². The molecule has 1 amide bonds. The summed E-state index contributed by atoms with van der Waals surface area (Å²) < 4.78 is 5.33. The van der Waals surface area contributed by atoms with E-state index >= 15 is 0 Å². The first-order valence-electron chi connectivity index (χ1n) is 10.1. The monoisotopic (exact) mass is 358 g/mol. The maximum atomic E-state index is 12.9. The SMILES string of the molecule is COc1cccc(N2CCN(C(=O)C3CCC(C(C)(C)C)CC3)CC2)c1. The van der Waals surface area contributed by atoms with Gasteiger partial charge in [-0.3, -0.25) is 4.79 Å². The van der Waals surface area contributed by atoms with Gasteiger partial charge in [0, 0.05) is 43.9 Å². The van der Waals surface area contributed by atoms with Crippen LogP contribution in [0, 0.1) is 17.3 Å². The Morgan fingerprint density at radius 2 is 1.69 bits per heavy atom. The average Bonchev–Trinajstić information content (AvgIpc) is 2.67. The first-order chi connectivity index (χ1) is 12.4. The standard InChI is InChI=1S/C22H34N2O2/c1-22(2,3)18-10-8-17(9-11-18)21(25)24-14-12-23(13-15-24)19-6-5-7-20(16-19)26-4/h5-7,16-18H,8-15H2,1-4H3. The molecule has 1 aliphatic heterocycles. The van der Waals surface area contributed by atoms with Crippen LogP contribution >= 0.6 is 0 Å². The van der Waals surface area contributed by atoms with E-state index in [9.17, 15) is 4.79 Å². The fourth-order valence-corrected chi connectivity index (χ4v) is 4.46. The van der Waals surface area contributed by atoms with Crippen LogP contribution in [-0.4, -0.2) is 44.1 Å². The second-order valence-corrected chi connectivity index (χ2v) is 8.93. The van der Waals surface area contributed by atoms with Crippen LogP contribution in [0.1, 0.15) is 46.5 Å². The van der Waals surface area contributed by atoms with Crippen molar-refractivity contribution in [1.29, 1.82) is 0 Å². The van der Waals surface area contributed by atoms with Gasteiger partial charge in [-0.05, 0) is 49.1 Å². The van der Waals surface area contributed by atoms with Gasteiger partial charge in [-0.15, -0.1) is 0 Å². The van der Waals surface area contributed by atoms with Gasteiger partial charge < -0.3 is 14.5 Å². The molecule has 4 nitrogen and oxygen atoms in total. The van der Waals surface area contributed by atoms with E-state index in [0.717, 1.165) is 50.7 Å². The lowest BCUT2D eigenvalue weighted by atomic mass is 9.69. The summed E-state index contributed by atoms with van der Waals surface area (Å²) in [4.78, 5) is 17.4. The van der Waals surface area contributed by atoms with Gasteiger partial charge in [0.25, 0.3) is 0 Å². The molecule has 144 valence electrons. The lowest BCUT2D eigenvalue weighted by Gasteiger charge is -2.40. The van der Waals surface area contributed by atoms with Crippen molar-refractivity contribution in [1.82, 2.24) is 4.90 Å². The molecule has 3 rings (SSSR count). The van der Waals surface area contributed by atoms with Crippen molar-refractivity contribution >= 4 is 11.6 Å². The fraction of sp³-hybridized carbons (Fsp3) is 0.682. The fourth-order valence-electron chi connectivity index (χ4n) is 4.46. The van der Waals surface area contributed by atoms with Crippen LogP contribution in [-0.2, 0) is 4.79 Å². The zero-order valence-corrected chi connectivity index (χ0v) is 16.8. The van der Waals surface area contributed by atoms with Gasteiger partial charge in [-0.1, -0.05) is 26.8 Å². The van der Waals surface area contributed by atoms with Gasteiger partial charge in [0.05, 0.1) is 7.11 Å². The minimum atomic E-state index is 0.247. The summed E-state index contributed by atoms with van der Waals surface area (Å²) in [6.07, 6.45) is 4.53. The molecular formula is C22H34N2O2. The lowest BCUT2D eigenvalue weighted by Crippen LogP contribution is -2.51. The molecule has 2 aliphatic rings. The summed E-state index contributed by atoms with van der Waals surface area (Å²) in [7, 11) is 1.70. The van der Waals surface area contributed by atoms with Crippen LogP contribution in [0.3, 0.4) is 0 Å². The van der Waals surface area contributed by atoms with E-state index in [1.807, 2.05) is 12.1 Å². The van der Waals surface area contributed by atoms with Crippen molar-refractivity contribution in [3.8, 4) is 5.75 Å². The van der Waals surface area contributed by atoms with Crippen LogP contribution < -0.4 is 9.64 Å². The summed E-state index contributed by atoms with van der Waals surface area (Å²) in [5, 5.41) is 0. The Kier molecular flexibility index (Phi) is 5.79. The Labute approximate surface area is 158 Å². The number of hydrogen-bond donors (Lipinski definition) is 0. The number of piperazine rings is 1. The van der Waals surface area contributed by atoms with E-state index < -0.39 is 0 Å². The Morgan fingerprint density at radius 3 is 2.27 bits per heavy atom. The minimum absolute atomic E-state index is 0.247. The maximum absolute atomic E-state index is 12.9. The van der Waals surface area contributed by atoms with Crippen LogP contribution in [0.5, 0.6) is 5.75 Å². The average molecular weight is 359 g/mol. The minimum Gasteiger partial charge on any atom is -0.497 e. The van der Waals surface area contributed by atoms with Crippen molar-refractivity contribution in [2.45, 2.75) is 46.5 Å². The van der Waals surface area contributed by atoms with Crippen LogP contribution in [0.25, 0.3) is 0 Å². The van der Waals surface area contributed by atoms with E-state index in [1.165, 1.54) is 18.5 Å². The molecule has 0 atom stereocenters. The zero-order valence-electron chi connectivity index (χ0n) is 16.8. The Balaban J connectivity index is 1.51. The molecule has 1 saturated carbocycles. The van der Waals surface area contributed by atoms with Crippen LogP contribution in [0.4, 0.5) is 5.69 Å². The Bertz CT molecular complexity index is 607. The number of anilines is 1. The molecule has 1 heterocycles. The third-order valence-corrected chi connectivity index (χ3v) is 6.31. The van der Waals surface area contributed by atoms with Gasteiger partial charge in [0.15, 0.2) is 0 Å². The molecule has 0 radical (unpaired) electrons. The third-order valence-electron chi connectivity index (χ3n) is 6.31. The normalized spacial score (nSPS) is 24.5. The molecule has 1 aromatic carbocycles. The molecule has 0 aromatic heterocycles. The first-order valence-corrected chi connectivity index (χ1v) is 10.1. The number of amides is 1. The Hall–Kier alpha value is -1.71. The molecule has 26 heavy (non-hydrogen) atoms. The summed E-state index contributed by atoms with van der Waals surface area (Å²) >= 11 is 0. The Morgan fingerprint density at radius 1 is 1.04 bits per heavy atom. The molecule has 1 aromatic rings. The van der Waals surface area contributed by atoms with E-state index in [2.05, 4.69) is 42.7 Å². The highest BCUT2D eigenvalue weighted by atomic mass is 16.5. The number of benzene rings is 1. The highest BCUT2D eigenvalue weighted by Crippen LogP contribution is 2.40. The molecule has 1 saturated heterocycles. The van der Waals surface area contributed by atoms with E-state index in [4.69, 9.17) is 4.74 Å². The number of rotatable bonds is 3. The molecule has 0 spiro atoms. The molecule has 1 aliphatic carbocycles. The number of methoxy groups -OCH3 is 1. The highest BCUT2D eigenvalue weighted by molar-refractivity contribution is 5.79. The summed E-state index contributed by atoms with van der Waals surface area (Å²) in [5.41, 5.74) is 1.55. The summed E-state index contributed by atoms with van der Waals surface area (Å²) in [6.45, 7) is 10.4. The number of hydrogen-bond acceptors (Lipinski definition) is 3. The van der Waals surface area contributed by atoms with E-state index in [1.54, 1.807) is 7.11 Å². The maximum Gasteiger partial charge on any atom is 0.225 e. The molecule has 2 fully saturated rings. The van der Waals surface area contributed by atoms with E-state index in [0.29, 0.717) is 11.3 Å². The topological polar surface area (TPSA) is 32.8 Å². The van der Waals surface area contributed by atoms with Crippen molar-refractivity contribution in [3.63, 3.8) is 0 Å². The number of carbonyl (C=O) groups excluding carboxylic acids is 1. The van der Waals surface area contributed by atoms with E-state index in [-0.39, 0.29) is 5.92 Å². The molecule has 0 unspecified atom stereocenters. The molecule has 0 N–H and O–H groups in total. The number of nitrogens with zero attached hydrogens (tertiary/aromatic N) is 2. The first kappa shape index (κ1) is 19.1. The third kappa shape index (κ3) is 4.33. The second-order valence-electron chi connectivity index (χ2n) is 8.93. The highest BCUT2D eigenvalue weighted by Gasteiger charge is 2.34. The van der Waals surface area contributed by atoms with Gasteiger partial charge in [-0.25, -0.2) is 0 Å². The quantitative estimate of drug-likeness (QED) is 0.812. The predicted octanol–water partition coefficient (Wildman–Crippen LogP) is 4.20. The largest absolute Gasteiger partial charge is 0.497 e. The van der Waals surface area contributed by atoms with Crippen molar-refractivity contribution < 1.29 is 9.53 Å². The summed E-state index contributed by atoms with van der Waals surface area (Å²) in [6, 6.07) is 8.19. The van der Waals surface area contributed by atoms with Crippen LogP contribution in [0.15, 0.2) is 24.3 Å².